The molecule has 0 aliphatic carbocycles. The Bertz CT molecular complexity index is 333. The molecule has 0 spiro atoms. The Morgan fingerprint density at radius 3 is 2.75 bits per heavy atom. The maximum Gasteiger partial charge on any atom is 0.221 e. The fraction of sp³-hybridized carbons (Fsp3) is 0.500. The first kappa shape index (κ1) is 12.5. The Hall–Kier alpha value is -1.58. The molecule has 1 rings (SSSR count). The maximum atomic E-state index is 11.3. The fourth-order valence-corrected chi connectivity index (χ4v) is 1.27. The van der Waals surface area contributed by atoms with Gasteiger partial charge in [0.05, 0.1) is 0 Å². The van der Waals surface area contributed by atoms with Crippen molar-refractivity contribution in [3.8, 4) is 0 Å². The third-order valence-corrected chi connectivity index (χ3v) is 2.02. The lowest BCUT2D eigenvalue weighted by Crippen LogP contribution is -2.31. The van der Waals surface area contributed by atoms with Crippen LogP contribution in [-0.2, 0) is 4.79 Å². The van der Waals surface area contributed by atoms with E-state index in [1.54, 1.807) is 6.20 Å². The van der Waals surface area contributed by atoms with E-state index in [1.807, 2.05) is 32.9 Å². The van der Waals surface area contributed by atoms with E-state index in [1.165, 1.54) is 0 Å². The molecule has 4 nitrogen and oxygen atoms in total. The number of nitrogens with one attached hydrogen (secondary N) is 2. The monoisotopic (exact) mass is 221 g/mol. The summed E-state index contributed by atoms with van der Waals surface area (Å²) in [6.45, 7) is 6.50. The van der Waals surface area contributed by atoms with Crippen LogP contribution in [-0.4, -0.2) is 23.5 Å². The van der Waals surface area contributed by atoms with Crippen molar-refractivity contribution in [3.63, 3.8) is 0 Å². The molecule has 1 heterocycles. The first-order valence-electron chi connectivity index (χ1n) is 5.54. The van der Waals surface area contributed by atoms with Crippen molar-refractivity contribution in [1.29, 1.82) is 0 Å². The van der Waals surface area contributed by atoms with Crippen molar-refractivity contribution in [1.82, 2.24) is 10.3 Å². The fourth-order valence-electron chi connectivity index (χ4n) is 1.27. The molecule has 4 heteroatoms. The molecule has 0 bridgehead atoms. The van der Waals surface area contributed by atoms with Gasteiger partial charge in [-0.25, -0.2) is 4.98 Å². The van der Waals surface area contributed by atoms with Crippen molar-refractivity contribution in [3.05, 3.63) is 23.9 Å². The lowest BCUT2D eigenvalue weighted by molar-refractivity contribution is -0.121. The number of nitrogens with zero attached hydrogens (tertiary/aromatic N) is 1. The third-order valence-electron chi connectivity index (χ3n) is 2.02. The summed E-state index contributed by atoms with van der Waals surface area (Å²) in [7, 11) is 0. The van der Waals surface area contributed by atoms with Gasteiger partial charge in [0.1, 0.15) is 5.82 Å². The average molecular weight is 221 g/mol. The van der Waals surface area contributed by atoms with Crippen LogP contribution in [0.3, 0.4) is 0 Å². The number of pyridine rings is 1. The van der Waals surface area contributed by atoms with Gasteiger partial charge in [0.15, 0.2) is 0 Å². The van der Waals surface area contributed by atoms with Crippen LogP contribution in [0.15, 0.2) is 18.3 Å². The molecule has 0 aliphatic rings. The Morgan fingerprint density at radius 1 is 1.44 bits per heavy atom. The van der Waals surface area contributed by atoms with Gasteiger partial charge in [-0.2, -0.15) is 0 Å². The zero-order chi connectivity index (χ0) is 12.0. The highest BCUT2D eigenvalue weighted by Gasteiger charge is 2.02. The molecule has 16 heavy (non-hydrogen) atoms. The first-order valence-corrected chi connectivity index (χ1v) is 5.54. The number of hydrogen-bond acceptors (Lipinski definition) is 3. The van der Waals surface area contributed by atoms with E-state index in [2.05, 4.69) is 15.6 Å². The summed E-state index contributed by atoms with van der Waals surface area (Å²) in [4.78, 5) is 15.5. The van der Waals surface area contributed by atoms with Gasteiger partial charge in [0.25, 0.3) is 0 Å². The Kier molecular flexibility index (Phi) is 4.76. The van der Waals surface area contributed by atoms with E-state index in [4.69, 9.17) is 0 Å². The predicted octanol–water partition coefficient (Wildman–Crippen LogP) is 1.72. The van der Waals surface area contributed by atoms with E-state index < -0.39 is 0 Å². The molecule has 0 aromatic carbocycles. The van der Waals surface area contributed by atoms with Gasteiger partial charge >= 0.3 is 0 Å². The van der Waals surface area contributed by atoms with Crippen LogP contribution >= 0.6 is 0 Å². The molecule has 0 saturated carbocycles. The predicted molar refractivity (Wildman–Crippen MR) is 65.4 cm³/mol. The van der Waals surface area contributed by atoms with Gasteiger partial charge < -0.3 is 10.6 Å². The van der Waals surface area contributed by atoms with E-state index in [-0.39, 0.29) is 11.9 Å². The van der Waals surface area contributed by atoms with Crippen molar-refractivity contribution in [2.75, 3.05) is 11.9 Å². The van der Waals surface area contributed by atoms with E-state index in [0.717, 1.165) is 11.4 Å². The Morgan fingerprint density at radius 2 is 2.19 bits per heavy atom. The third kappa shape index (κ3) is 4.77. The van der Waals surface area contributed by atoms with Crippen molar-refractivity contribution >= 4 is 11.7 Å². The molecular weight excluding hydrogens is 202 g/mol. The summed E-state index contributed by atoms with van der Waals surface area (Å²) in [5.41, 5.74) is 1.13. The zero-order valence-corrected chi connectivity index (χ0v) is 10.1. The van der Waals surface area contributed by atoms with Crippen LogP contribution in [0.2, 0.25) is 0 Å². The number of hydrogen-bond donors (Lipinski definition) is 2. The zero-order valence-electron chi connectivity index (χ0n) is 10.1. The van der Waals surface area contributed by atoms with Gasteiger partial charge in [0, 0.05) is 25.2 Å². The molecule has 0 fully saturated rings. The molecule has 0 saturated heterocycles. The van der Waals surface area contributed by atoms with Crippen molar-refractivity contribution < 1.29 is 4.79 Å². The Labute approximate surface area is 96.5 Å². The van der Waals surface area contributed by atoms with E-state index in [9.17, 15) is 4.79 Å². The summed E-state index contributed by atoms with van der Waals surface area (Å²) in [5.74, 6) is 0.873. The summed E-state index contributed by atoms with van der Waals surface area (Å²) in [6.07, 6.45) is 2.27. The summed E-state index contributed by atoms with van der Waals surface area (Å²) >= 11 is 0. The van der Waals surface area contributed by atoms with Crippen LogP contribution in [0.4, 0.5) is 5.82 Å². The SMILES string of the molecule is Cc1ccc(NCCC(=O)NC(C)C)nc1. The quantitative estimate of drug-likeness (QED) is 0.796. The number of aromatic nitrogens is 1. The second-order valence-corrected chi connectivity index (χ2v) is 4.12. The molecule has 0 aliphatic heterocycles. The van der Waals surface area contributed by atoms with Crippen LogP contribution in [0.1, 0.15) is 25.8 Å². The Balaban J connectivity index is 2.25. The number of carbonyl (C=O) groups excluding carboxylic acids is 1. The minimum Gasteiger partial charge on any atom is -0.370 e. The average Bonchev–Trinajstić information content (AvgIpc) is 2.20. The molecule has 1 aromatic rings. The normalized spacial score (nSPS) is 10.2. The van der Waals surface area contributed by atoms with Crippen LogP contribution in [0, 0.1) is 6.92 Å². The molecule has 0 unspecified atom stereocenters. The minimum absolute atomic E-state index is 0.0645. The standard InChI is InChI=1S/C12H19N3O/c1-9(2)15-12(16)6-7-13-11-5-4-10(3)8-14-11/h4-5,8-9H,6-7H2,1-3H3,(H,13,14)(H,15,16). The number of amides is 1. The topological polar surface area (TPSA) is 54.0 Å². The van der Waals surface area contributed by atoms with Crippen molar-refractivity contribution in [2.24, 2.45) is 0 Å². The minimum atomic E-state index is 0.0645. The van der Waals surface area contributed by atoms with Gasteiger partial charge in [-0.15, -0.1) is 0 Å². The largest absolute Gasteiger partial charge is 0.370 e. The highest BCUT2D eigenvalue weighted by molar-refractivity contribution is 5.76. The van der Waals surface area contributed by atoms with Crippen LogP contribution in [0.25, 0.3) is 0 Å². The number of aryl methyl sites for hydroxylation is 1. The highest BCUT2D eigenvalue weighted by Crippen LogP contribution is 2.03. The summed E-state index contributed by atoms with van der Waals surface area (Å²) in [5, 5.41) is 5.94. The molecule has 1 amide bonds. The second kappa shape index (κ2) is 6.10. The first-order chi connectivity index (χ1) is 7.58. The molecule has 0 radical (unpaired) electrons. The van der Waals surface area contributed by atoms with Gasteiger partial charge in [-0.05, 0) is 32.4 Å². The van der Waals surface area contributed by atoms with Crippen LogP contribution in [0.5, 0.6) is 0 Å². The van der Waals surface area contributed by atoms with Crippen LogP contribution < -0.4 is 10.6 Å². The highest BCUT2D eigenvalue weighted by atomic mass is 16.1. The van der Waals surface area contributed by atoms with E-state index >= 15 is 0 Å². The maximum absolute atomic E-state index is 11.3. The summed E-state index contributed by atoms with van der Waals surface area (Å²) < 4.78 is 0. The molecule has 2 N–H and O–H groups in total. The smallest absolute Gasteiger partial charge is 0.221 e. The number of anilines is 1. The van der Waals surface area contributed by atoms with E-state index in [0.29, 0.717) is 13.0 Å². The van der Waals surface area contributed by atoms with Gasteiger partial charge in [-0.3, -0.25) is 4.79 Å². The molecule has 0 atom stereocenters. The molecular formula is C12H19N3O. The molecule has 88 valence electrons. The number of carbonyl (C=O) groups is 1. The van der Waals surface area contributed by atoms with Gasteiger partial charge in [0.2, 0.25) is 5.91 Å². The summed E-state index contributed by atoms with van der Waals surface area (Å²) in [6, 6.07) is 4.10. The van der Waals surface area contributed by atoms with Crippen molar-refractivity contribution in [2.45, 2.75) is 33.2 Å². The lowest BCUT2D eigenvalue weighted by atomic mass is 10.3. The van der Waals surface area contributed by atoms with Gasteiger partial charge in [-0.1, -0.05) is 6.07 Å². The number of rotatable bonds is 5. The second-order valence-electron chi connectivity index (χ2n) is 4.12. The molecule has 1 aromatic heterocycles. The lowest BCUT2D eigenvalue weighted by Gasteiger charge is -2.09.